The van der Waals surface area contributed by atoms with Gasteiger partial charge in [0.05, 0.1) is 12.1 Å². The zero-order chi connectivity index (χ0) is 18.7. The molecule has 0 aliphatic carbocycles. The zero-order valence-electron chi connectivity index (χ0n) is 13.9. The molecule has 0 spiro atoms. The van der Waals surface area contributed by atoms with Crippen molar-refractivity contribution in [1.82, 2.24) is 10.2 Å². The van der Waals surface area contributed by atoms with Crippen molar-refractivity contribution in [3.8, 4) is 5.75 Å². The molecule has 0 radical (unpaired) electrons. The summed E-state index contributed by atoms with van der Waals surface area (Å²) >= 11 is 12.4. The van der Waals surface area contributed by atoms with E-state index in [1.165, 1.54) is 4.90 Å². The number of likely N-dealkylation sites (N-methyl/N-ethyl adjacent to an activating group) is 1. The number of amides is 1. The Bertz CT molecular complexity index is 945. The van der Waals surface area contributed by atoms with Gasteiger partial charge >= 0.3 is 0 Å². The van der Waals surface area contributed by atoms with Crippen LogP contribution in [0.5, 0.6) is 5.75 Å². The van der Waals surface area contributed by atoms with Crippen LogP contribution in [-0.4, -0.2) is 29.7 Å². The molecule has 3 rings (SSSR count). The van der Waals surface area contributed by atoms with Crippen LogP contribution in [0, 0.1) is 0 Å². The monoisotopic (exact) mass is 390 g/mol. The van der Waals surface area contributed by atoms with Crippen molar-refractivity contribution in [1.29, 1.82) is 0 Å². The van der Waals surface area contributed by atoms with Crippen LogP contribution in [0.2, 0.25) is 10.0 Å². The van der Waals surface area contributed by atoms with E-state index in [-0.39, 0.29) is 24.9 Å². The van der Waals surface area contributed by atoms with Crippen LogP contribution < -0.4 is 15.4 Å². The van der Waals surface area contributed by atoms with Gasteiger partial charge in [0.25, 0.3) is 0 Å². The summed E-state index contributed by atoms with van der Waals surface area (Å²) in [5, 5.41) is 10.0. The number of halogens is 2. The standard InChI is InChI=1S/C18H16Cl2N4O2/c1-24(16(25)9-21)18-17(11-5-2-3-8-15(11)22-23-18)26-10-12-13(19)6-4-7-14(12)20/h2-8H,9-10,21H2,1H3. The predicted molar refractivity (Wildman–Crippen MR) is 103 cm³/mol. The average Bonchev–Trinajstić information content (AvgIpc) is 2.66. The van der Waals surface area contributed by atoms with Gasteiger partial charge in [-0.05, 0) is 24.3 Å². The second-order valence-corrected chi connectivity index (χ2v) is 6.33. The molecule has 0 saturated heterocycles. The van der Waals surface area contributed by atoms with E-state index in [9.17, 15) is 4.79 Å². The molecule has 3 aromatic rings. The van der Waals surface area contributed by atoms with Crippen molar-refractivity contribution in [2.45, 2.75) is 6.61 Å². The molecule has 0 aliphatic rings. The van der Waals surface area contributed by atoms with E-state index in [0.29, 0.717) is 26.9 Å². The summed E-state index contributed by atoms with van der Waals surface area (Å²) in [5.41, 5.74) is 6.75. The third-order valence-corrected chi connectivity index (χ3v) is 4.60. The number of carbonyl (C=O) groups excluding carboxylic acids is 1. The molecule has 1 aromatic heterocycles. The first-order chi connectivity index (χ1) is 12.5. The smallest absolute Gasteiger partial charge is 0.241 e. The molecular weight excluding hydrogens is 375 g/mol. The number of nitrogens with two attached hydrogens (primary N) is 1. The second-order valence-electron chi connectivity index (χ2n) is 5.52. The number of carbonyl (C=O) groups is 1. The summed E-state index contributed by atoms with van der Waals surface area (Å²) in [6.07, 6.45) is 0. The lowest BCUT2D eigenvalue weighted by Gasteiger charge is -2.20. The number of benzene rings is 2. The Labute approximate surface area is 160 Å². The van der Waals surface area contributed by atoms with Gasteiger partial charge in [-0.25, -0.2) is 0 Å². The molecule has 0 bridgehead atoms. The van der Waals surface area contributed by atoms with Crippen LogP contribution in [-0.2, 0) is 11.4 Å². The number of anilines is 1. The number of hydrogen-bond acceptors (Lipinski definition) is 5. The van der Waals surface area contributed by atoms with Crippen molar-refractivity contribution in [3.05, 3.63) is 58.1 Å². The average molecular weight is 391 g/mol. The molecule has 0 saturated carbocycles. The maximum absolute atomic E-state index is 12.0. The van der Waals surface area contributed by atoms with Crippen LogP contribution in [0.3, 0.4) is 0 Å². The molecule has 0 fully saturated rings. The van der Waals surface area contributed by atoms with Gasteiger partial charge in [0, 0.05) is 28.0 Å². The van der Waals surface area contributed by atoms with Gasteiger partial charge in [0.1, 0.15) is 6.61 Å². The quantitative estimate of drug-likeness (QED) is 0.721. The lowest BCUT2D eigenvalue weighted by atomic mass is 10.2. The Balaban J connectivity index is 2.05. The molecule has 8 heteroatoms. The first-order valence-corrected chi connectivity index (χ1v) is 8.56. The molecule has 2 N–H and O–H groups in total. The fraction of sp³-hybridized carbons (Fsp3) is 0.167. The van der Waals surface area contributed by atoms with Crippen molar-refractivity contribution < 1.29 is 9.53 Å². The van der Waals surface area contributed by atoms with Gasteiger partial charge < -0.3 is 10.5 Å². The van der Waals surface area contributed by atoms with Crippen molar-refractivity contribution in [3.63, 3.8) is 0 Å². The minimum atomic E-state index is -0.310. The number of aromatic nitrogens is 2. The normalized spacial score (nSPS) is 10.8. The summed E-state index contributed by atoms with van der Waals surface area (Å²) in [5.74, 6) is 0.383. The molecular formula is C18H16Cl2N4O2. The highest BCUT2D eigenvalue weighted by atomic mass is 35.5. The van der Waals surface area contributed by atoms with Crippen molar-refractivity contribution >= 4 is 45.8 Å². The highest BCUT2D eigenvalue weighted by molar-refractivity contribution is 6.35. The molecule has 0 aliphatic heterocycles. The number of rotatable bonds is 5. The zero-order valence-corrected chi connectivity index (χ0v) is 15.5. The molecule has 1 heterocycles. The molecule has 0 atom stereocenters. The van der Waals surface area contributed by atoms with E-state index in [2.05, 4.69) is 10.2 Å². The van der Waals surface area contributed by atoms with Gasteiger partial charge in [0.2, 0.25) is 11.7 Å². The van der Waals surface area contributed by atoms with E-state index in [4.69, 9.17) is 33.7 Å². The topological polar surface area (TPSA) is 81.3 Å². The number of hydrogen-bond donors (Lipinski definition) is 1. The predicted octanol–water partition coefficient (Wildman–Crippen LogP) is 3.44. The molecule has 0 unspecified atom stereocenters. The van der Waals surface area contributed by atoms with Gasteiger partial charge in [0.15, 0.2) is 5.75 Å². The van der Waals surface area contributed by atoms with Gasteiger partial charge in [-0.2, -0.15) is 0 Å². The Hall–Kier alpha value is -2.41. The van der Waals surface area contributed by atoms with Crippen molar-refractivity contribution in [2.24, 2.45) is 5.73 Å². The van der Waals surface area contributed by atoms with E-state index in [0.717, 1.165) is 5.39 Å². The maximum atomic E-state index is 12.0. The van der Waals surface area contributed by atoms with Gasteiger partial charge in [-0.1, -0.05) is 41.4 Å². The lowest BCUT2D eigenvalue weighted by Crippen LogP contribution is -2.33. The van der Waals surface area contributed by atoms with Crippen LogP contribution in [0.4, 0.5) is 5.82 Å². The first-order valence-electron chi connectivity index (χ1n) is 7.80. The Morgan fingerprint density at radius 3 is 2.50 bits per heavy atom. The first kappa shape index (κ1) is 18.4. The van der Waals surface area contributed by atoms with Crippen LogP contribution in [0.1, 0.15) is 5.56 Å². The van der Waals surface area contributed by atoms with E-state index in [1.807, 2.05) is 24.3 Å². The fourth-order valence-corrected chi connectivity index (χ4v) is 2.96. The maximum Gasteiger partial charge on any atom is 0.241 e. The lowest BCUT2D eigenvalue weighted by molar-refractivity contribution is -0.117. The van der Waals surface area contributed by atoms with Gasteiger partial charge in [-0.15, -0.1) is 10.2 Å². The van der Waals surface area contributed by atoms with E-state index < -0.39 is 0 Å². The number of ether oxygens (including phenoxy) is 1. The van der Waals surface area contributed by atoms with Crippen LogP contribution in [0.25, 0.3) is 10.9 Å². The highest BCUT2D eigenvalue weighted by Gasteiger charge is 2.20. The molecule has 26 heavy (non-hydrogen) atoms. The Morgan fingerprint density at radius 1 is 1.12 bits per heavy atom. The third-order valence-electron chi connectivity index (χ3n) is 3.89. The van der Waals surface area contributed by atoms with E-state index >= 15 is 0 Å². The SMILES string of the molecule is CN(C(=O)CN)c1nnc2ccccc2c1OCc1c(Cl)cccc1Cl. The fourth-order valence-electron chi connectivity index (χ4n) is 2.45. The summed E-state index contributed by atoms with van der Waals surface area (Å²) in [6.45, 7) is -0.0351. The summed E-state index contributed by atoms with van der Waals surface area (Å²) in [6, 6.07) is 12.6. The molecule has 2 aromatic carbocycles. The number of nitrogens with zero attached hydrogens (tertiary/aromatic N) is 3. The molecule has 134 valence electrons. The second kappa shape index (κ2) is 7.86. The van der Waals surface area contributed by atoms with Gasteiger partial charge in [-0.3, -0.25) is 9.69 Å². The molecule has 6 nitrogen and oxygen atoms in total. The third kappa shape index (κ3) is 3.58. The Kier molecular flexibility index (Phi) is 5.56. The summed E-state index contributed by atoms with van der Waals surface area (Å²) in [4.78, 5) is 13.3. The number of fused-ring (bicyclic) bond motifs is 1. The minimum absolute atomic E-state index is 0.117. The largest absolute Gasteiger partial charge is 0.484 e. The van der Waals surface area contributed by atoms with Crippen LogP contribution >= 0.6 is 23.2 Å². The minimum Gasteiger partial charge on any atom is -0.484 e. The summed E-state index contributed by atoms with van der Waals surface area (Å²) in [7, 11) is 1.57. The summed E-state index contributed by atoms with van der Waals surface area (Å²) < 4.78 is 6.01. The molecule has 1 amide bonds. The highest BCUT2D eigenvalue weighted by Crippen LogP contribution is 2.34. The van der Waals surface area contributed by atoms with Crippen molar-refractivity contribution in [2.75, 3.05) is 18.5 Å². The Morgan fingerprint density at radius 2 is 1.81 bits per heavy atom. The van der Waals surface area contributed by atoms with Crippen LogP contribution in [0.15, 0.2) is 42.5 Å². The van der Waals surface area contributed by atoms with E-state index in [1.54, 1.807) is 25.2 Å².